The van der Waals surface area contributed by atoms with E-state index in [0.29, 0.717) is 13.0 Å². The first kappa shape index (κ1) is 18.2. The van der Waals surface area contributed by atoms with E-state index in [9.17, 15) is 4.79 Å². The fraction of sp³-hybridized carbons (Fsp3) is 0.278. The molecule has 0 radical (unpaired) electrons. The second-order valence-corrected chi connectivity index (χ2v) is 5.37. The Balaban J connectivity index is 0.00000242. The number of halogens is 1. The molecule has 1 amide bonds. The molecule has 2 rings (SSSR count). The van der Waals surface area contributed by atoms with Crippen LogP contribution in [0.5, 0.6) is 0 Å². The van der Waals surface area contributed by atoms with E-state index in [-0.39, 0.29) is 24.4 Å². The molecule has 0 spiro atoms. The molecule has 2 aromatic rings. The molecule has 3 N–H and O–H groups in total. The molecule has 3 nitrogen and oxygen atoms in total. The van der Waals surface area contributed by atoms with E-state index in [0.717, 1.165) is 11.1 Å². The summed E-state index contributed by atoms with van der Waals surface area (Å²) in [6, 6.07) is 16.3. The third-order valence-corrected chi connectivity index (χ3v) is 3.43. The van der Waals surface area contributed by atoms with Gasteiger partial charge in [0.15, 0.2) is 0 Å². The first-order chi connectivity index (χ1) is 10.1. The molecule has 0 aliphatic heterocycles. The van der Waals surface area contributed by atoms with Gasteiger partial charge in [-0.15, -0.1) is 12.4 Å². The summed E-state index contributed by atoms with van der Waals surface area (Å²) in [5.74, 6) is -0.0227. The van der Waals surface area contributed by atoms with E-state index in [4.69, 9.17) is 5.73 Å². The van der Waals surface area contributed by atoms with Crippen LogP contribution in [0.3, 0.4) is 0 Å². The van der Waals surface area contributed by atoms with Crippen molar-refractivity contribution in [2.45, 2.75) is 26.3 Å². The summed E-state index contributed by atoms with van der Waals surface area (Å²) >= 11 is 0. The van der Waals surface area contributed by atoms with Gasteiger partial charge >= 0.3 is 0 Å². The molecular weight excluding hydrogens is 296 g/mol. The van der Waals surface area contributed by atoms with Crippen LogP contribution < -0.4 is 11.1 Å². The van der Waals surface area contributed by atoms with Crippen molar-refractivity contribution in [2.24, 2.45) is 5.73 Å². The second kappa shape index (κ2) is 8.57. The zero-order valence-electron chi connectivity index (χ0n) is 13.0. The summed E-state index contributed by atoms with van der Waals surface area (Å²) in [6.45, 7) is 4.47. The molecule has 4 heteroatoms. The van der Waals surface area contributed by atoms with Gasteiger partial charge in [0.05, 0.1) is 6.04 Å². The molecule has 0 fully saturated rings. The van der Waals surface area contributed by atoms with Gasteiger partial charge in [0.2, 0.25) is 5.91 Å². The average Bonchev–Trinajstić information content (AvgIpc) is 2.45. The second-order valence-electron chi connectivity index (χ2n) is 5.37. The van der Waals surface area contributed by atoms with Gasteiger partial charge in [0.1, 0.15) is 0 Å². The summed E-state index contributed by atoms with van der Waals surface area (Å²) in [5.41, 5.74) is 10.0. The highest BCUT2D eigenvalue weighted by atomic mass is 35.5. The van der Waals surface area contributed by atoms with Crippen LogP contribution in [0, 0.1) is 13.8 Å². The Bertz CT molecular complexity index is 582. The van der Waals surface area contributed by atoms with Crippen LogP contribution in [0.15, 0.2) is 48.5 Å². The molecule has 0 aliphatic carbocycles. The Morgan fingerprint density at radius 2 is 1.55 bits per heavy atom. The topological polar surface area (TPSA) is 55.1 Å². The molecule has 0 heterocycles. The Labute approximate surface area is 138 Å². The number of benzene rings is 2. The average molecular weight is 319 g/mol. The number of aryl methyl sites for hydroxylation is 2. The van der Waals surface area contributed by atoms with Gasteiger partial charge in [-0.25, -0.2) is 0 Å². The smallest absolute Gasteiger partial charge is 0.222 e. The summed E-state index contributed by atoms with van der Waals surface area (Å²) in [4.78, 5) is 12.0. The number of hydrogen-bond donors (Lipinski definition) is 2. The maximum atomic E-state index is 12.0. The van der Waals surface area contributed by atoms with Crippen molar-refractivity contribution in [2.75, 3.05) is 6.54 Å². The molecule has 0 saturated carbocycles. The Hall–Kier alpha value is -1.84. The van der Waals surface area contributed by atoms with Crippen molar-refractivity contribution >= 4 is 18.3 Å². The number of hydrogen-bond acceptors (Lipinski definition) is 2. The predicted molar refractivity (Wildman–Crippen MR) is 93.3 cm³/mol. The Kier molecular flexibility index (Phi) is 7.09. The highest BCUT2D eigenvalue weighted by Gasteiger charge is 2.16. The van der Waals surface area contributed by atoms with Crippen molar-refractivity contribution in [1.82, 2.24) is 5.32 Å². The SMILES string of the molecule is Cc1cccc(C(NC(=O)CCN)c2cccc(C)c2)c1.Cl. The van der Waals surface area contributed by atoms with Crippen LogP contribution in [0.4, 0.5) is 0 Å². The fourth-order valence-electron chi connectivity index (χ4n) is 2.42. The first-order valence-electron chi connectivity index (χ1n) is 7.22. The molecule has 2 aromatic carbocycles. The van der Waals surface area contributed by atoms with E-state index in [2.05, 4.69) is 43.4 Å². The minimum Gasteiger partial charge on any atom is -0.345 e. The summed E-state index contributed by atoms with van der Waals surface area (Å²) in [6.07, 6.45) is 0.341. The third-order valence-electron chi connectivity index (χ3n) is 3.43. The first-order valence-corrected chi connectivity index (χ1v) is 7.22. The van der Waals surface area contributed by atoms with Crippen molar-refractivity contribution in [3.63, 3.8) is 0 Å². The van der Waals surface area contributed by atoms with Gasteiger partial charge in [0.25, 0.3) is 0 Å². The lowest BCUT2D eigenvalue weighted by atomic mass is 9.96. The number of carbonyl (C=O) groups excluding carboxylic acids is 1. The van der Waals surface area contributed by atoms with Gasteiger partial charge in [-0.2, -0.15) is 0 Å². The number of carbonyl (C=O) groups is 1. The molecule has 22 heavy (non-hydrogen) atoms. The third kappa shape index (κ3) is 4.86. The fourth-order valence-corrected chi connectivity index (χ4v) is 2.42. The number of rotatable bonds is 5. The number of nitrogens with two attached hydrogens (primary N) is 1. The molecule has 0 aliphatic rings. The van der Waals surface area contributed by atoms with Crippen LogP contribution in [0.1, 0.15) is 34.7 Å². The molecular formula is C18H23ClN2O. The Morgan fingerprint density at radius 3 is 1.95 bits per heavy atom. The van der Waals surface area contributed by atoms with Crippen LogP contribution in [-0.2, 0) is 4.79 Å². The van der Waals surface area contributed by atoms with Gasteiger partial charge in [-0.1, -0.05) is 59.7 Å². The lowest BCUT2D eigenvalue weighted by Gasteiger charge is -2.20. The van der Waals surface area contributed by atoms with E-state index >= 15 is 0 Å². The van der Waals surface area contributed by atoms with Gasteiger partial charge in [-0.3, -0.25) is 4.79 Å². The zero-order valence-corrected chi connectivity index (χ0v) is 13.8. The van der Waals surface area contributed by atoms with Crippen LogP contribution >= 0.6 is 12.4 Å². The number of amides is 1. The minimum atomic E-state index is -0.135. The predicted octanol–water partition coefficient (Wildman–Crippen LogP) is 3.28. The molecule has 0 aromatic heterocycles. The van der Waals surface area contributed by atoms with E-state index in [1.807, 2.05) is 24.3 Å². The van der Waals surface area contributed by atoms with Gasteiger partial charge in [0, 0.05) is 13.0 Å². The van der Waals surface area contributed by atoms with Crippen LogP contribution in [-0.4, -0.2) is 12.5 Å². The molecule has 0 atom stereocenters. The minimum absolute atomic E-state index is 0. The molecule has 118 valence electrons. The molecule has 0 bridgehead atoms. The van der Waals surface area contributed by atoms with Gasteiger partial charge in [-0.05, 0) is 25.0 Å². The lowest BCUT2D eigenvalue weighted by molar-refractivity contribution is -0.121. The number of nitrogens with one attached hydrogen (secondary N) is 1. The maximum absolute atomic E-state index is 12.0. The normalized spacial score (nSPS) is 10.2. The summed E-state index contributed by atoms with van der Waals surface area (Å²) in [5, 5.41) is 3.09. The lowest BCUT2D eigenvalue weighted by Crippen LogP contribution is -2.30. The van der Waals surface area contributed by atoms with Gasteiger partial charge < -0.3 is 11.1 Å². The van der Waals surface area contributed by atoms with Crippen LogP contribution in [0.2, 0.25) is 0 Å². The maximum Gasteiger partial charge on any atom is 0.222 e. The highest BCUT2D eigenvalue weighted by molar-refractivity contribution is 5.85. The van der Waals surface area contributed by atoms with E-state index < -0.39 is 0 Å². The molecule has 0 unspecified atom stereocenters. The summed E-state index contributed by atoms with van der Waals surface area (Å²) < 4.78 is 0. The van der Waals surface area contributed by atoms with Crippen molar-refractivity contribution in [3.8, 4) is 0 Å². The highest BCUT2D eigenvalue weighted by Crippen LogP contribution is 2.23. The quantitative estimate of drug-likeness (QED) is 0.889. The summed E-state index contributed by atoms with van der Waals surface area (Å²) in [7, 11) is 0. The Morgan fingerprint density at radius 1 is 1.05 bits per heavy atom. The van der Waals surface area contributed by atoms with Crippen LogP contribution in [0.25, 0.3) is 0 Å². The monoisotopic (exact) mass is 318 g/mol. The standard InChI is InChI=1S/C18H22N2O.ClH/c1-13-5-3-7-15(11-13)18(20-17(21)9-10-19)16-8-4-6-14(2)12-16;/h3-8,11-12,18H,9-10,19H2,1-2H3,(H,20,21);1H. The largest absolute Gasteiger partial charge is 0.345 e. The van der Waals surface area contributed by atoms with E-state index in [1.54, 1.807) is 0 Å². The van der Waals surface area contributed by atoms with Crippen molar-refractivity contribution in [3.05, 3.63) is 70.8 Å². The zero-order chi connectivity index (χ0) is 15.2. The van der Waals surface area contributed by atoms with Crippen molar-refractivity contribution < 1.29 is 4.79 Å². The molecule has 0 saturated heterocycles. The van der Waals surface area contributed by atoms with Crippen molar-refractivity contribution in [1.29, 1.82) is 0 Å². The van der Waals surface area contributed by atoms with E-state index in [1.165, 1.54) is 11.1 Å².